The van der Waals surface area contributed by atoms with Gasteiger partial charge in [-0.05, 0) is 19.1 Å². The zero-order chi connectivity index (χ0) is 16.8. The Labute approximate surface area is 153 Å². The molecule has 1 aliphatic rings. The first kappa shape index (κ1) is 16.1. The Kier molecular flexibility index (Phi) is 4.16. The monoisotopic (exact) mass is 383 g/mol. The van der Waals surface area contributed by atoms with Gasteiger partial charge in [-0.1, -0.05) is 40.6 Å². The maximum atomic E-state index is 10.7. The van der Waals surface area contributed by atoms with E-state index in [0.29, 0.717) is 20.8 Å². The third-order valence-electron chi connectivity index (χ3n) is 4.50. The maximum absolute atomic E-state index is 10.7. The van der Waals surface area contributed by atoms with Crippen LogP contribution >= 0.6 is 34.5 Å². The Morgan fingerprint density at radius 2 is 2.00 bits per heavy atom. The van der Waals surface area contributed by atoms with Crippen molar-refractivity contribution in [3.05, 3.63) is 44.5 Å². The Hall–Kier alpha value is -1.34. The molecule has 24 heavy (non-hydrogen) atoms. The third kappa shape index (κ3) is 2.67. The number of aromatic nitrogens is 3. The molecular weight excluding hydrogens is 367 g/mol. The molecule has 3 heterocycles. The van der Waals surface area contributed by atoms with Crippen LogP contribution < -0.4 is 4.90 Å². The first-order valence-electron chi connectivity index (χ1n) is 7.89. The van der Waals surface area contributed by atoms with Crippen LogP contribution in [0.4, 0.5) is 0 Å². The number of fused-ring (bicyclic) bond motifs is 1. The van der Waals surface area contributed by atoms with Gasteiger partial charge in [-0.15, -0.1) is 5.10 Å². The fourth-order valence-corrected chi connectivity index (χ4v) is 4.91. The summed E-state index contributed by atoms with van der Waals surface area (Å²) in [7, 11) is 0. The molecule has 1 fully saturated rings. The van der Waals surface area contributed by atoms with Crippen molar-refractivity contribution in [3.8, 4) is 5.88 Å². The molecule has 2 aromatic heterocycles. The van der Waals surface area contributed by atoms with E-state index in [1.807, 2.05) is 25.1 Å². The van der Waals surface area contributed by atoms with Crippen LogP contribution in [0.1, 0.15) is 35.1 Å². The van der Waals surface area contributed by atoms with Gasteiger partial charge in [-0.2, -0.15) is 4.52 Å². The number of aryl methyl sites for hydroxylation is 1. The van der Waals surface area contributed by atoms with Crippen molar-refractivity contribution < 1.29 is 10.0 Å². The minimum absolute atomic E-state index is 0.0103. The molecule has 0 spiro atoms. The van der Waals surface area contributed by atoms with Crippen LogP contribution in [0, 0.1) is 6.92 Å². The summed E-state index contributed by atoms with van der Waals surface area (Å²) < 4.78 is 1.52. The van der Waals surface area contributed by atoms with E-state index in [4.69, 9.17) is 23.2 Å². The van der Waals surface area contributed by atoms with Crippen LogP contribution in [0.15, 0.2) is 18.2 Å². The largest absolute Gasteiger partial charge is 0.492 e. The number of benzene rings is 1. The predicted molar refractivity (Wildman–Crippen MR) is 95.5 cm³/mol. The van der Waals surface area contributed by atoms with Crippen molar-refractivity contribution in [1.82, 2.24) is 14.6 Å². The second-order valence-electron chi connectivity index (χ2n) is 6.12. The van der Waals surface area contributed by atoms with Crippen LogP contribution in [0.2, 0.25) is 10.0 Å². The second kappa shape index (κ2) is 6.19. The van der Waals surface area contributed by atoms with E-state index in [1.165, 1.54) is 33.6 Å². The molecule has 126 valence electrons. The highest BCUT2D eigenvalue weighted by molar-refractivity contribution is 7.17. The number of hydrogen-bond donors (Lipinski definition) is 2. The summed E-state index contributed by atoms with van der Waals surface area (Å²) in [5, 5.41) is 16.1. The van der Waals surface area contributed by atoms with E-state index in [0.717, 1.165) is 23.5 Å². The highest BCUT2D eigenvalue weighted by Gasteiger charge is 2.34. The number of thiazole rings is 1. The van der Waals surface area contributed by atoms with Gasteiger partial charge in [0, 0.05) is 18.4 Å². The van der Waals surface area contributed by atoms with Crippen LogP contribution in [0.25, 0.3) is 4.96 Å². The number of likely N-dealkylation sites (tertiary alicyclic amines) is 1. The first-order chi connectivity index (χ1) is 11.5. The molecule has 0 saturated carbocycles. The van der Waals surface area contributed by atoms with Crippen molar-refractivity contribution in [1.29, 1.82) is 0 Å². The molecule has 0 unspecified atom stereocenters. The first-order valence-corrected chi connectivity index (χ1v) is 9.46. The van der Waals surface area contributed by atoms with Gasteiger partial charge in [0.25, 0.3) is 0 Å². The van der Waals surface area contributed by atoms with E-state index in [9.17, 15) is 5.11 Å². The number of nitrogens with one attached hydrogen (secondary N) is 1. The molecule has 1 atom stereocenters. The quantitative estimate of drug-likeness (QED) is 0.730. The van der Waals surface area contributed by atoms with Gasteiger partial charge in [-0.25, -0.2) is 4.98 Å². The van der Waals surface area contributed by atoms with Crippen LogP contribution in [-0.4, -0.2) is 32.8 Å². The van der Waals surface area contributed by atoms with Gasteiger partial charge >= 0.3 is 0 Å². The summed E-state index contributed by atoms with van der Waals surface area (Å²) in [5.74, 6) is 0.828. The smallest absolute Gasteiger partial charge is 0.235 e. The number of quaternary nitrogens is 1. The van der Waals surface area contributed by atoms with Crippen molar-refractivity contribution >= 4 is 39.5 Å². The zero-order valence-corrected chi connectivity index (χ0v) is 15.4. The highest BCUT2D eigenvalue weighted by Crippen LogP contribution is 2.36. The van der Waals surface area contributed by atoms with E-state index in [-0.39, 0.29) is 11.9 Å². The lowest BCUT2D eigenvalue weighted by molar-refractivity contribution is -0.913. The summed E-state index contributed by atoms with van der Waals surface area (Å²) in [6.45, 7) is 3.95. The Balaban J connectivity index is 1.86. The lowest BCUT2D eigenvalue weighted by Crippen LogP contribution is -3.10. The number of rotatable bonds is 3. The molecule has 0 radical (unpaired) electrons. The summed E-state index contributed by atoms with van der Waals surface area (Å²) in [6.07, 6.45) is 2.38. The van der Waals surface area contributed by atoms with E-state index >= 15 is 0 Å². The molecule has 3 aromatic rings. The minimum Gasteiger partial charge on any atom is -0.492 e. The van der Waals surface area contributed by atoms with E-state index in [1.54, 1.807) is 0 Å². The summed E-state index contributed by atoms with van der Waals surface area (Å²) in [5.41, 5.74) is 1.05. The normalized spacial score (nSPS) is 17.0. The van der Waals surface area contributed by atoms with Crippen molar-refractivity contribution in [2.45, 2.75) is 25.8 Å². The average Bonchev–Trinajstić information content (AvgIpc) is 3.24. The maximum Gasteiger partial charge on any atom is 0.235 e. The summed E-state index contributed by atoms with van der Waals surface area (Å²) in [6, 6.07) is 5.72. The summed E-state index contributed by atoms with van der Waals surface area (Å²) >= 11 is 13.8. The highest BCUT2D eigenvalue weighted by atomic mass is 35.5. The Bertz CT molecular complexity index is 901. The molecule has 5 nitrogen and oxygen atoms in total. The number of aromatic hydroxyl groups is 1. The second-order valence-corrected chi connectivity index (χ2v) is 7.94. The fourth-order valence-electron chi connectivity index (χ4n) is 3.42. The van der Waals surface area contributed by atoms with Gasteiger partial charge in [0.1, 0.15) is 10.7 Å². The molecule has 0 bridgehead atoms. The van der Waals surface area contributed by atoms with E-state index in [2.05, 4.69) is 10.1 Å². The van der Waals surface area contributed by atoms with Crippen molar-refractivity contribution in [2.24, 2.45) is 0 Å². The topological polar surface area (TPSA) is 54.9 Å². The number of nitrogens with zero attached hydrogens (tertiary/aromatic N) is 3. The van der Waals surface area contributed by atoms with Crippen molar-refractivity contribution in [3.63, 3.8) is 0 Å². The lowest BCUT2D eigenvalue weighted by Gasteiger charge is -2.24. The SMILES string of the molecule is Cc1nc2sc([C@H](c3ccc(Cl)c(Cl)c3)[NH+]3CCCC3)c(O)n2n1. The Morgan fingerprint density at radius 3 is 2.67 bits per heavy atom. The molecule has 1 aromatic carbocycles. The Morgan fingerprint density at radius 1 is 1.25 bits per heavy atom. The molecule has 1 aliphatic heterocycles. The van der Waals surface area contributed by atoms with Gasteiger partial charge in [0.05, 0.1) is 23.1 Å². The van der Waals surface area contributed by atoms with Crippen LogP contribution in [0.3, 0.4) is 0 Å². The van der Waals surface area contributed by atoms with E-state index < -0.39 is 0 Å². The average molecular weight is 384 g/mol. The predicted octanol–water partition coefficient (Wildman–Crippen LogP) is 2.88. The third-order valence-corrected chi connectivity index (χ3v) is 6.32. The molecule has 2 N–H and O–H groups in total. The zero-order valence-electron chi connectivity index (χ0n) is 13.1. The molecule has 1 saturated heterocycles. The van der Waals surface area contributed by atoms with Gasteiger partial charge in [0.2, 0.25) is 10.8 Å². The molecular formula is C16H17Cl2N4OS+. The van der Waals surface area contributed by atoms with Gasteiger partial charge < -0.3 is 10.0 Å². The molecule has 0 amide bonds. The standard InChI is InChI=1S/C16H16Cl2N4OS/c1-9-19-16-22(20-9)15(23)14(24-16)13(21-6-2-3-7-21)10-4-5-11(17)12(18)8-10/h4-5,8,13,23H,2-3,6-7H2,1H3/p+1/t13-/m0/s1. The lowest BCUT2D eigenvalue weighted by atomic mass is 10.0. The number of halogens is 2. The molecule has 4 rings (SSSR count). The molecule has 0 aliphatic carbocycles. The number of hydrogen-bond acceptors (Lipinski definition) is 4. The van der Waals surface area contributed by atoms with Crippen molar-refractivity contribution in [2.75, 3.05) is 13.1 Å². The van der Waals surface area contributed by atoms with Crippen LogP contribution in [-0.2, 0) is 0 Å². The van der Waals surface area contributed by atoms with Gasteiger partial charge in [0.15, 0.2) is 6.04 Å². The van der Waals surface area contributed by atoms with Gasteiger partial charge in [-0.3, -0.25) is 0 Å². The molecule has 8 heteroatoms. The fraction of sp³-hybridized carbons (Fsp3) is 0.375. The summed E-state index contributed by atoms with van der Waals surface area (Å²) in [4.78, 5) is 7.39. The van der Waals surface area contributed by atoms with Crippen LogP contribution in [0.5, 0.6) is 5.88 Å². The minimum atomic E-state index is 0.0103.